The lowest BCUT2D eigenvalue weighted by Gasteiger charge is -2.25. The number of rotatable bonds is 3. The monoisotopic (exact) mass is 461 g/mol. The molecule has 2 N–H and O–H groups in total. The van der Waals surface area contributed by atoms with Crippen molar-refractivity contribution >= 4 is 33.1 Å². The first-order valence-electron chi connectivity index (χ1n) is 11.5. The van der Waals surface area contributed by atoms with Crippen LogP contribution < -0.4 is 10.6 Å². The molecule has 0 bridgehead atoms. The van der Waals surface area contributed by atoms with Crippen LogP contribution in [0, 0.1) is 0 Å². The summed E-state index contributed by atoms with van der Waals surface area (Å²) in [6.45, 7) is 0. The second kappa shape index (κ2) is 8.02. The Hall–Kier alpha value is -4.58. The molecular formula is C29H23N3O3. The highest BCUT2D eigenvalue weighted by molar-refractivity contribution is 6.09. The Morgan fingerprint density at radius 2 is 1.51 bits per heavy atom. The van der Waals surface area contributed by atoms with E-state index in [0.717, 1.165) is 22.0 Å². The van der Waals surface area contributed by atoms with E-state index in [9.17, 15) is 15.0 Å². The average molecular weight is 462 g/mol. The molecule has 1 atom stereocenters. The molecule has 6 nitrogen and oxygen atoms in total. The number of phenolic OH excluding ortho intramolecular Hbond substituents is 1. The van der Waals surface area contributed by atoms with Gasteiger partial charge in [0, 0.05) is 24.4 Å². The van der Waals surface area contributed by atoms with Crippen LogP contribution in [-0.4, -0.2) is 20.5 Å². The number of para-hydroxylation sites is 2. The molecule has 0 spiro atoms. The molecule has 0 amide bonds. The summed E-state index contributed by atoms with van der Waals surface area (Å²) in [7, 11) is 1.70. The van der Waals surface area contributed by atoms with Crippen molar-refractivity contribution in [1.82, 2.24) is 4.57 Å². The fourth-order valence-electron chi connectivity index (χ4n) is 5.08. The zero-order valence-electron chi connectivity index (χ0n) is 19.1. The summed E-state index contributed by atoms with van der Waals surface area (Å²) in [4.78, 5) is 13.4. The van der Waals surface area contributed by atoms with Gasteiger partial charge in [-0.1, -0.05) is 60.7 Å². The number of benzene rings is 4. The normalized spacial score (nSPS) is 15.6. The molecule has 0 fully saturated rings. The van der Waals surface area contributed by atoms with Crippen molar-refractivity contribution < 1.29 is 10.2 Å². The Balaban J connectivity index is 1.59. The third kappa shape index (κ3) is 3.26. The highest BCUT2D eigenvalue weighted by Gasteiger charge is 2.35. The Morgan fingerprint density at radius 3 is 2.31 bits per heavy atom. The van der Waals surface area contributed by atoms with E-state index in [1.165, 1.54) is 0 Å². The van der Waals surface area contributed by atoms with Gasteiger partial charge in [0.2, 0.25) is 0 Å². The third-order valence-electron chi connectivity index (χ3n) is 6.78. The molecule has 6 heteroatoms. The third-order valence-corrected chi connectivity index (χ3v) is 6.78. The number of nitrogens with zero attached hydrogens (tertiary/aromatic N) is 3. The van der Waals surface area contributed by atoms with Crippen LogP contribution in [0.15, 0.2) is 101 Å². The van der Waals surface area contributed by atoms with E-state index in [2.05, 4.69) is 0 Å². The summed E-state index contributed by atoms with van der Waals surface area (Å²) in [5.74, 6) is 0.0972. The van der Waals surface area contributed by atoms with Crippen molar-refractivity contribution in [2.24, 2.45) is 12.1 Å². The fourth-order valence-corrected chi connectivity index (χ4v) is 5.08. The number of aryl methyl sites for hydroxylation is 1. The number of anilines is 1. The van der Waals surface area contributed by atoms with Crippen LogP contribution in [-0.2, 0) is 7.05 Å². The first-order chi connectivity index (χ1) is 17.0. The molecule has 2 heterocycles. The number of hydrazone groups is 1. The molecule has 0 saturated carbocycles. The van der Waals surface area contributed by atoms with E-state index in [4.69, 9.17) is 5.10 Å². The summed E-state index contributed by atoms with van der Waals surface area (Å²) in [5, 5.41) is 31.4. The van der Waals surface area contributed by atoms with Gasteiger partial charge in [-0.05, 0) is 41.1 Å². The van der Waals surface area contributed by atoms with Gasteiger partial charge in [-0.3, -0.25) is 9.80 Å². The maximum absolute atomic E-state index is 13.4. The van der Waals surface area contributed by atoms with Crippen LogP contribution in [0.3, 0.4) is 0 Å². The SMILES string of the molecule is Cn1c(=O)c(C2=NN(c3ccccc3)[C@@H](c3c(O)ccc4ccccc34)C2)c(O)c2ccccc21. The van der Waals surface area contributed by atoms with Crippen molar-refractivity contribution in [3.05, 3.63) is 112 Å². The van der Waals surface area contributed by atoms with Gasteiger partial charge in [0.15, 0.2) is 0 Å². The van der Waals surface area contributed by atoms with Gasteiger partial charge in [-0.15, -0.1) is 0 Å². The minimum Gasteiger partial charge on any atom is -0.508 e. The molecule has 35 heavy (non-hydrogen) atoms. The molecule has 1 aliphatic heterocycles. The molecule has 0 radical (unpaired) electrons. The maximum atomic E-state index is 13.4. The Morgan fingerprint density at radius 1 is 0.829 bits per heavy atom. The number of aromatic hydroxyl groups is 2. The summed E-state index contributed by atoms with van der Waals surface area (Å²) >= 11 is 0. The number of phenols is 1. The summed E-state index contributed by atoms with van der Waals surface area (Å²) < 4.78 is 1.54. The zero-order chi connectivity index (χ0) is 24.1. The molecule has 6 rings (SSSR count). The van der Waals surface area contributed by atoms with Crippen LogP contribution in [0.1, 0.15) is 23.6 Å². The maximum Gasteiger partial charge on any atom is 0.263 e. The van der Waals surface area contributed by atoms with Crippen LogP contribution >= 0.6 is 0 Å². The highest BCUT2D eigenvalue weighted by atomic mass is 16.3. The van der Waals surface area contributed by atoms with Gasteiger partial charge < -0.3 is 14.8 Å². The largest absolute Gasteiger partial charge is 0.508 e. The number of fused-ring (bicyclic) bond motifs is 2. The summed E-state index contributed by atoms with van der Waals surface area (Å²) in [5.41, 5.74) is 2.58. The summed E-state index contributed by atoms with van der Waals surface area (Å²) in [6, 6.07) is 28.1. The predicted molar refractivity (Wildman–Crippen MR) is 139 cm³/mol. The fraction of sp³-hybridized carbons (Fsp3) is 0.103. The van der Waals surface area contributed by atoms with E-state index in [0.29, 0.717) is 23.0 Å². The van der Waals surface area contributed by atoms with Gasteiger partial charge in [0.1, 0.15) is 17.1 Å². The second-order valence-electron chi connectivity index (χ2n) is 8.77. The van der Waals surface area contributed by atoms with Gasteiger partial charge >= 0.3 is 0 Å². The van der Waals surface area contributed by atoms with E-state index in [1.54, 1.807) is 23.7 Å². The molecule has 0 aliphatic carbocycles. The van der Waals surface area contributed by atoms with Crippen molar-refractivity contribution in [3.63, 3.8) is 0 Å². The molecule has 172 valence electrons. The van der Waals surface area contributed by atoms with E-state index >= 15 is 0 Å². The molecule has 0 saturated heterocycles. The topological polar surface area (TPSA) is 78.1 Å². The molecule has 0 unspecified atom stereocenters. The van der Waals surface area contributed by atoms with E-state index < -0.39 is 0 Å². The lowest BCUT2D eigenvalue weighted by Crippen LogP contribution is -2.24. The van der Waals surface area contributed by atoms with Gasteiger partial charge in [-0.25, -0.2) is 0 Å². The van der Waals surface area contributed by atoms with Crippen LogP contribution in [0.25, 0.3) is 21.7 Å². The number of hydrogen-bond acceptors (Lipinski definition) is 5. The van der Waals surface area contributed by atoms with Crippen LogP contribution in [0.2, 0.25) is 0 Å². The van der Waals surface area contributed by atoms with E-state index in [-0.39, 0.29) is 28.7 Å². The van der Waals surface area contributed by atoms with Crippen LogP contribution in [0.4, 0.5) is 5.69 Å². The Kier molecular flexibility index (Phi) is 4.81. The first-order valence-corrected chi connectivity index (χ1v) is 11.5. The summed E-state index contributed by atoms with van der Waals surface area (Å²) in [6.07, 6.45) is 0.345. The predicted octanol–water partition coefficient (Wildman–Crippen LogP) is 5.46. The molecule has 5 aromatic rings. The lowest BCUT2D eigenvalue weighted by molar-refractivity contribution is 0.463. The minimum absolute atomic E-state index is 0.0711. The molecule has 1 aliphatic rings. The Bertz CT molecular complexity index is 1690. The number of aromatic nitrogens is 1. The zero-order valence-corrected chi connectivity index (χ0v) is 19.1. The Labute approximate surface area is 201 Å². The second-order valence-corrected chi connectivity index (χ2v) is 8.77. The van der Waals surface area contributed by atoms with Crippen molar-refractivity contribution in [1.29, 1.82) is 0 Å². The van der Waals surface area contributed by atoms with E-state index in [1.807, 2.05) is 83.9 Å². The van der Waals surface area contributed by atoms with Crippen LogP contribution in [0.5, 0.6) is 11.5 Å². The van der Waals surface area contributed by atoms with Crippen molar-refractivity contribution in [2.75, 3.05) is 5.01 Å². The quantitative estimate of drug-likeness (QED) is 0.374. The standard InChI is InChI=1S/C29H23N3O3/c1-31-23-14-8-7-13-21(23)28(34)27(29(31)35)22-17-24(32(30-22)19-10-3-2-4-11-19)26-20-12-6-5-9-18(20)15-16-25(26)33/h2-16,24,33-34H,17H2,1H3/t24-/m1/s1. The number of pyridine rings is 1. The van der Waals surface area contributed by atoms with Gasteiger partial charge in [0.05, 0.1) is 23.0 Å². The first kappa shape index (κ1) is 21.0. The lowest BCUT2D eigenvalue weighted by atomic mass is 9.92. The number of hydrogen-bond donors (Lipinski definition) is 2. The van der Waals surface area contributed by atoms with Gasteiger partial charge in [-0.2, -0.15) is 5.10 Å². The molecule has 4 aromatic carbocycles. The smallest absolute Gasteiger partial charge is 0.263 e. The molecule has 1 aromatic heterocycles. The van der Waals surface area contributed by atoms with Crippen molar-refractivity contribution in [2.45, 2.75) is 12.5 Å². The average Bonchev–Trinajstić information content (AvgIpc) is 3.32. The van der Waals surface area contributed by atoms with Crippen molar-refractivity contribution in [3.8, 4) is 11.5 Å². The van der Waals surface area contributed by atoms with Gasteiger partial charge in [0.25, 0.3) is 5.56 Å². The highest BCUT2D eigenvalue weighted by Crippen LogP contribution is 2.44. The molecular weight excluding hydrogens is 438 g/mol. The minimum atomic E-state index is -0.367.